The highest BCUT2D eigenvalue weighted by Gasteiger charge is 2.56. The molecular formula is C24H26N4O4S. The Morgan fingerprint density at radius 2 is 2.09 bits per heavy atom. The summed E-state index contributed by atoms with van der Waals surface area (Å²) in [5, 5.41) is 9.07. The van der Waals surface area contributed by atoms with Gasteiger partial charge >= 0.3 is 0 Å². The molecule has 2 aliphatic heterocycles. The maximum absolute atomic E-state index is 7.27. The minimum absolute atomic E-state index is 0.259. The van der Waals surface area contributed by atoms with Gasteiger partial charge in [0.2, 0.25) is 0 Å². The van der Waals surface area contributed by atoms with Crippen LogP contribution >= 0.6 is 11.8 Å². The smallest absolute Gasteiger partial charge is 0.164 e. The van der Waals surface area contributed by atoms with Crippen molar-refractivity contribution in [3.05, 3.63) is 60.0 Å². The summed E-state index contributed by atoms with van der Waals surface area (Å²) >= 11 is 1.48. The van der Waals surface area contributed by atoms with Crippen molar-refractivity contribution in [3.8, 4) is 5.75 Å². The van der Waals surface area contributed by atoms with Gasteiger partial charge in [0.05, 0.1) is 11.2 Å². The molecule has 3 aromatic rings. The van der Waals surface area contributed by atoms with Crippen LogP contribution in [0.5, 0.6) is 5.75 Å². The number of aromatic amines is 1. The summed E-state index contributed by atoms with van der Waals surface area (Å²) in [6.07, 6.45) is 3.58. The summed E-state index contributed by atoms with van der Waals surface area (Å²) < 4.78 is 24.9. The van der Waals surface area contributed by atoms with Crippen LogP contribution in [0, 0.1) is 5.41 Å². The van der Waals surface area contributed by atoms with Crippen molar-refractivity contribution >= 4 is 34.0 Å². The van der Waals surface area contributed by atoms with E-state index in [1.54, 1.807) is 6.20 Å². The third kappa shape index (κ3) is 4.41. The van der Waals surface area contributed by atoms with Crippen LogP contribution in [-0.2, 0) is 14.2 Å². The molecule has 8 nitrogen and oxygen atoms in total. The van der Waals surface area contributed by atoms with E-state index in [4.69, 9.17) is 24.4 Å². The highest BCUT2D eigenvalue weighted by Crippen LogP contribution is 2.45. The number of aromatic nitrogens is 2. The lowest BCUT2D eigenvalue weighted by Crippen LogP contribution is -2.33. The Morgan fingerprint density at radius 3 is 2.91 bits per heavy atom. The second kappa shape index (κ2) is 8.90. The number of thioether (sulfide) groups is 1. The van der Waals surface area contributed by atoms with E-state index in [9.17, 15) is 0 Å². The lowest BCUT2D eigenvalue weighted by atomic mass is 10.1. The number of H-pyrrole nitrogens is 1. The molecule has 5 rings (SSSR count). The SMILES string of the molecule is CS/C(=N/C=N)c1ccc([C@@H]2O[C@H](COc3ccc4cccnc4c3)[C@H]3OC(C)(C)O[C@H]32)[nH]1. The molecule has 0 amide bonds. The molecule has 1 aromatic carbocycles. The standard InChI is InChI=1S/C24H26N4O4S/c1-24(2)31-21-19(12-29-15-7-6-14-5-4-10-26-18(14)11-15)30-20(22(21)32-24)16-8-9-17(28-16)23(33-3)27-13-25/h4-11,13,19-22,25,28H,12H2,1-3H3/b25-13?,27-23+/t19-,20+,21-,22+/m1/s1. The number of nitrogens with zero attached hydrogens (tertiary/aromatic N) is 2. The molecule has 9 heteroatoms. The van der Waals surface area contributed by atoms with E-state index in [0.717, 1.165) is 39.4 Å². The van der Waals surface area contributed by atoms with Crippen LogP contribution < -0.4 is 4.74 Å². The summed E-state index contributed by atoms with van der Waals surface area (Å²) in [6.45, 7) is 4.16. The molecule has 33 heavy (non-hydrogen) atoms. The van der Waals surface area contributed by atoms with Gasteiger partial charge in [-0.15, -0.1) is 11.8 Å². The van der Waals surface area contributed by atoms with Crippen LogP contribution in [0.15, 0.2) is 53.7 Å². The van der Waals surface area contributed by atoms with Gasteiger partial charge in [-0.3, -0.25) is 10.4 Å². The first kappa shape index (κ1) is 22.1. The topological polar surface area (TPSA) is 102 Å². The van der Waals surface area contributed by atoms with Crippen LogP contribution in [0.4, 0.5) is 0 Å². The fraction of sp³-hybridized carbons (Fsp3) is 0.375. The van der Waals surface area contributed by atoms with Gasteiger partial charge in [0.15, 0.2) is 5.79 Å². The highest BCUT2D eigenvalue weighted by molar-refractivity contribution is 8.13. The first-order valence-electron chi connectivity index (χ1n) is 10.8. The first-order valence-corrected chi connectivity index (χ1v) is 12.0. The minimum atomic E-state index is -0.704. The van der Waals surface area contributed by atoms with Crippen LogP contribution in [0.3, 0.4) is 0 Å². The molecule has 0 bridgehead atoms. The van der Waals surface area contributed by atoms with Gasteiger partial charge < -0.3 is 23.9 Å². The Balaban J connectivity index is 1.35. The molecule has 4 heterocycles. The van der Waals surface area contributed by atoms with E-state index < -0.39 is 5.79 Å². The van der Waals surface area contributed by atoms with Crippen molar-refractivity contribution in [1.29, 1.82) is 5.41 Å². The van der Waals surface area contributed by atoms with Crippen molar-refractivity contribution < 1.29 is 18.9 Å². The van der Waals surface area contributed by atoms with Crippen LogP contribution in [0.1, 0.15) is 31.3 Å². The molecule has 0 aliphatic carbocycles. The second-order valence-electron chi connectivity index (χ2n) is 8.42. The third-order valence-corrected chi connectivity index (χ3v) is 6.47. The van der Waals surface area contributed by atoms with E-state index in [-0.39, 0.29) is 24.4 Å². The number of ether oxygens (including phenoxy) is 4. The summed E-state index contributed by atoms with van der Waals surface area (Å²) in [4.78, 5) is 11.9. The summed E-state index contributed by atoms with van der Waals surface area (Å²) in [6, 6.07) is 13.7. The van der Waals surface area contributed by atoms with Gasteiger partial charge in [-0.2, -0.15) is 0 Å². The number of aliphatic imine (C=N–C) groups is 1. The quantitative estimate of drug-likeness (QED) is 0.414. The maximum Gasteiger partial charge on any atom is 0.164 e. The van der Waals surface area contributed by atoms with Crippen molar-refractivity contribution in [1.82, 2.24) is 9.97 Å². The molecule has 2 N–H and O–H groups in total. The molecule has 0 spiro atoms. The van der Waals surface area contributed by atoms with Crippen molar-refractivity contribution in [2.75, 3.05) is 12.9 Å². The van der Waals surface area contributed by atoms with Crippen molar-refractivity contribution in [2.24, 2.45) is 4.99 Å². The zero-order chi connectivity index (χ0) is 23.0. The molecular weight excluding hydrogens is 440 g/mol. The lowest BCUT2D eigenvalue weighted by Gasteiger charge is -2.24. The maximum atomic E-state index is 7.27. The highest BCUT2D eigenvalue weighted by atomic mass is 32.2. The lowest BCUT2D eigenvalue weighted by molar-refractivity contribution is -0.190. The van der Waals surface area contributed by atoms with Crippen molar-refractivity contribution in [2.45, 2.75) is 44.1 Å². The molecule has 2 saturated heterocycles. The molecule has 2 fully saturated rings. The zero-order valence-corrected chi connectivity index (χ0v) is 19.5. The summed E-state index contributed by atoms with van der Waals surface area (Å²) in [5.41, 5.74) is 2.60. The fourth-order valence-corrected chi connectivity index (χ4v) is 4.87. The summed E-state index contributed by atoms with van der Waals surface area (Å²) in [7, 11) is 0. The van der Waals surface area contributed by atoms with Crippen molar-refractivity contribution in [3.63, 3.8) is 0 Å². The fourth-order valence-electron chi connectivity index (χ4n) is 4.37. The number of hydrogen-bond donors (Lipinski definition) is 2. The van der Waals surface area contributed by atoms with E-state index in [1.165, 1.54) is 11.8 Å². The zero-order valence-electron chi connectivity index (χ0n) is 18.6. The number of fused-ring (bicyclic) bond motifs is 2. The number of benzene rings is 1. The van der Waals surface area contributed by atoms with Crippen LogP contribution in [0.2, 0.25) is 0 Å². The van der Waals surface area contributed by atoms with E-state index in [0.29, 0.717) is 6.61 Å². The number of hydrogen-bond acceptors (Lipinski definition) is 7. The van der Waals surface area contributed by atoms with Gasteiger partial charge in [-0.25, -0.2) is 4.99 Å². The average Bonchev–Trinajstić information content (AvgIpc) is 3.49. The van der Waals surface area contributed by atoms with Gasteiger partial charge in [-0.1, -0.05) is 6.07 Å². The average molecular weight is 467 g/mol. The van der Waals surface area contributed by atoms with Gasteiger partial charge in [0.1, 0.15) is 48.2 Å². The van der Waals surface area contributed by atoms with Crippen LogP contribution in [0.25, 0.3) is 10.9 Å². The number of rotatable bonds is 6. The third-order valence-electron chi connectivity index (χ3n) is 5.76. The Bertz CT molecular complexity index is 1190. The van der Waals surface area contributed by atoms with Gasteiger partial charge in [-0.05, 0) is 50.4 Å². The summed E-state index contributed by atoms with van der Waals surface area (Å²) in [5.74, 6) is 0.0295. The Kier molecular flexibility index (Phi) is 5.96. The molecule has 0 saturated carbocycles. The second-order valence-corrected chi connectivity index (χ2v) is 9.22. The van der Waals surface area contributed by atoms with E-state index >= 15 is 0 Å². The van der Waals surface area contributed by atoms with E-state index in [1.807, 2.05) is 62.6 Å². The molecule has 4 atom stereocenters. The molecule has 2 aromatic heterocycles. The molecule has 0 radical (unpaired) electrons. The predicted molar refractivity (Wildman–Crippen MR) is 128 cm³/mol. The Hall–Kier alpha value is -2.72. The van der Waals surface area contributed by atoms with E-state index in [2.05, 4.69) is 15.0 Å². The Labute approximate surface area is 196 Å². The largest absolute Gasteiger partial charge is 0.491 e. The molecule has 0 unspecified atom stereocenters. The molecule has 2 aliphatic rings. The van der Waals surface area contributed by atoms with Crippen LogP contribution in [-0.4, -0.2) is 58.3 Å². The predicted octanol–water partition coefficient (Wildman–Crippen LogP) is 4.32. The Morgan fingerprint density at radius 1 is 1.24 bits per heavy atom. The number of pyridine rings is 1. The monoisotopic (exact) mass is 466 g/mol. The van der Waals surface area contributed by atoms with Gasteiger partial charge in [0.25, 0.3) is 0 Å². The number of nitrogens with one attached hydrogen (secondary N) is 2. The normalized spacial score (nSPS) is 26.5. The minimum Gasteiger partial charge on any atom is -0.491 e. The first-order chi connectivity index (χ1) is 16.0. The van der Waals surface area contributed by atoms with Gasteiger partial charge in [0, 0.05) is 23.3 Å². The molecule has 172 valence electrons.